The molecule has 8 nitrogen and oxygen atoms in total. The number of amides is 1. The smallest absolute Gasteiger partial charge is 0.248 e. The number of fused-ring (bicyclic) bond motifs is 1. The second-order valence-electron chi connectivity index (χ2n) is 8.00. The topological polar surface area (TPSA) is 99.5 Å². The van der Waals surface area contributed by atoms with Crippen LogP contribution >= 0.6 is 0 Å². The first-order valence-corrected chi connectivity index (χ1v) is 12.1. The first kappa shape index (κ1) is 21.6. The Balaban J connectivity index is 1.33. The summed E-state index contributed by atoms with van der Waals surface area (Å²) in [6, 6.07) is 8.15. The van der Waals surface area contributed by atoms with Crippen molar-refractivity contribution in [1.82, 2.24) is 19.3 Å². The standard InChI is InChI=1S/C22H28N4O4S/c1-16-22(17(2)30-24-16)31(28,29)26-12-6-11-25(13-14-26)21(27)10-5-7-18-15-23-20-9-4-3-8-19(18)20/h3-4,8-9,15,23H,5-7,10-14H2,1-2H3. The number of aryl methyl sites for hydroxylation is 3. The molecule has 1 aliphatic rings. The van der Waals surface area contributed by atoms with Gasteiger partial charge in [-0.25, -0.2) is 8.42 Å². The summed E-state index contributed by atoms with van der Waals surface area (Å²) in [6.45, 7) is 4.86. The molecule has 3 heterocycles. The maximum atomic E-state index is 13.0. The maximum Gasteiger partial charge on any atom is 0.248 e. The van der Waals surface area contributed by atoms with Gasteiger partial charge in [0.05, 0.1) is 0 Å². The van der Waals surface area contributed by atoms with E-state index >= 15 is 0 Å². The molecule has 1 saturated heterocycles. The molecule has 3 aromatic rings. The molecule has 1 amide bonds. The van der Waals surface area contributed by atoms with Crippen LogP contribution in [-0.4, -0.2) is 59.8 Å². The number of aromatic amines is 1. The third kappa shape index (κ3) is 4.38. The maximum absolute atomic E-state index is 13.0. The normalized spacial score (nSPS) is 16.0. The van der Waals surface area contributed by atoms with Crippen LogP contribution in [0.25, 0.3) is 10.9 Å². The monoisotopic (exact) mass is 444 g/mol. The summed E-state index contributed by atoms with van der Waals surface area (Å²) in [5, 5.41) is 4.97. The van der Waals surface area contributed by atoms with Gasteiger partial charge in [0, 0.05) is 49.7 Å². The summed E-state index contributed by atoms with van der Waals surface area (Å²) in [5.41, 5.74) is 2.69. The van der Waals surface area contributed by atoms with Crippen LogP contribution in [-0.2, 0) is 21.2 Å². The number of benzene rings is 1. The molecular formula is C22H28N4O4S. The zero-order chi connectivity index (χ0) is 22.0. The highest BCUT2D eigenvalue weighted by atomic mass is 32.2. The molecule has 1 fully saturated rings. The Labute approximate surface area is 182 Å². The molecule has 1 aliphatic heterocycles. The van der Waals surface area contributed by atoms with E-state index < -0.39 is 10.0 Å². The van der Waals surface area contributed by atoms with Crippen molar-refractivity contribution in [1.29, 1.82) is 0 Å². The van der Waals surface area contributed by atoms with Crippen molar-refractivity contribution in [2.24, 2.45) is 0 Å². The first-order valence-electron chi connectivity index (χ1n) is 10.6. The van der Waals surface area contributed by atoms with E-state index in [1.165, 1.54) is 15.3 Å². The minimum Gasteiger partial charge on any atom is -0.361 e. The Morgan fingerprint density at radius 2 is 1.97 bits per heavy atom. The Kier molecular flexibility index (Phi) is 6.15. The average Bonchev–Trinajstić information content (AvgIpc) is 3.20. The number of aromatic nitrogens is 2. The van der Waals surface area contributed by atoms with Gasteiger partial charge in [-0.15, -0.1) is 0 Å². The van der Waals surface area contributed by atoms with Crippen molar-refractivity contribution in [3.63, 3.8) is 0 Å². The van der Waals surface area contributed by atoms with Gasteiger partial charge in [-0.2, -0.15) is 4.31 Å². The summed E-state index contributed by atoms with van der Waals surface area (Å²) in [6.07, 6.45) is 4.67. The van der Waals surface area contributed by atoms with E-state index in [0.29, 0.717) is 43.9 Å². The van der Waals surface area contributed by atoms with E-state index in [4.69, 9.17) is 4.52 Å². The first-order chi connectivity index (χ1) is 14.9. The molecule has 2 aromatic heterocycles. The molecule has 0 spiro atoms. The van der Waals surface area contributed by atoms with Crippen molar-refractivity contribution in [2.45, 2.75) is 44.4 Å². The molecule has 0 saturated carbocycles. The quantitative estimate of drug-likeness (QED) is 0.630. The molecule has 0 aliphatic carbocycles. The lowest BCUT2D eigenvalue weighted by Crippen LogP contribution is -2.37. The number of carbonyl (C=O) groups excluding carboxylic acids is 1. The van der Waals surface area contributed by atoms with Gasteiger partial charge in [-0.3, -0.25) is 4.79 Å². The van der Waals surface area contributed by atoms with Crippen LogP contribution in [0.5, 0.6) is 0 Å². The van der Waals surface area contributed by atoms with E-state index in [1.807, 2.05) is 24.4 Å². The van der Waals surface area contributed by atoms with Gasteiger partial charge in [0.15, 0.2) is 5.76 Å². The molecule has 0 unspecified atom stereocenters. The highest BCUT2D eigenvalue weighted by molar-refractivity contribution is 7.89. The fraction of sp³-hybridized carbons (Fsp3) is 0.455. The summed E-state index contributed by atoms with van der Waals surface area (Å²) in [5.74, 6) is 0.378. The third-order valence-electron chi connectivity index (χ3n) is 5.88. The number of rotatable bonds is 6. The van der Waals surface area contributed by atoms with Gasteiger partial charge in [-0.1, -0.05) is 23.4 Å². The number of hydrogen-bond acceptors (Lipinski definition) is 5. The van der Waals surface area contributed by atoms with Gasteiger partial charge in [0.1, 0.15) is 10.6 Å². The predicted molar refractivity (Wildman–Crippen MR) is 117 cm³/mol. The van der Waals surface area contributed by atoms with Gasteiger partial charge < -0.3 is 14.4 Å². The minimum absolute atomic E-state index is 0.0800. The van der Waals surface area contributed by atoms with E-state index in [2.05, 4.69) is 16.2 Å². The Morgan fingerprint density at radius 3 is 2.74 bits per heavy atom. The Bertz CT molecular complexity index is 1160. The Morgan fingerprint density at radius 1 is 1.16 bits per heavy atom. The van der Waals surface area contributed by atoms with Crippen LogP contribution in [0.4, 0.5) is 0 Å². The average molecular weight is 445 g/mol. The van der Waals surface area contributed by atoms with E-state index in [0.717, 1.165) is 18.4 Å². The van der Waals surface area contributed by atoms with Gasteiger partial charge in [0.2, 0.25) is 15.9 Å². The summed E-state index contributed by atoms with van der Waals surface area (Å²) in [7, 11) is -3.68. The number of sulfonamides is 1. The van der Waals surface area contributed by atoms with Crippen molar-refractivity contribution in [2.75, 3.05) is 26.2 Å². The molecule has 31 heavy (non-hydrogen) atoms. The van der Waals surface area contributed by atoms with E-state index in [1.54, 1.807) is 18.7 Å². The van der Waals surface area contributed by atoms with Crippen LogP contribution in [0.2, 0.25) is 0 Å². The summed E-state index contributed by atoms with van der Waals surface area (Å²) in [4.78, 5) is 18.0. The zero-order valence-electron chi connectivity index (χ0n) is 17.9. The number of carbonyl (C=O) groups is 1. The Hall–Kier alpha value is -2.65. The zero-order valence-corrected chi connectivity index (χ0v) is 18.7. The molecular weight excluding hydrogens is 416 g/mol. The molecule has 166 valence electrons. The van der Waals surface area contributed by atoms with Crippen LogP contribution in [0.1, 0.15) is 36.3 Å². The second kappa shape index (κ2) is 8.84. The molecule has 4 rings (SSSR count). The molecule has 0 bridgehead atoms. The molecule has 1 N–H and O–H groups in total. The van der Waals surface area contributed by atoms with Crippen LogP contribution in [0.3, 0.4) is 0 Å². The van der Waals surface area contributed by atoms with Crippen molar-refractivity contribution in [3.05, 3.63) is 47.5 Å². The molecule has 0 atom stereocenters. The number of nitrogens with zero attached hydrogens (tertiary/aromatic N) is 3. The molecule has 1 aromatic carbocycles. The van der Waals surface area contributed by atoms with Crippen molar-refractivity contribution < 1.29 is 17.7 Å². The molecule has 0 radical (unpaired) electrons. The fourth-order valence-electron chi connectivity index (χ4n) is 4.28. The van der Waals surface area contributed by atoms with E-state index in [9.17, 15) is 13.2 Å². The highest BCUT2D eigenvalue weighted by Gasteiger charge is 2.32. The summed E-state index contributed by atoms with van der Waals surface area (Å²) < 4.78 is 32.6. The van der Waals surface area contributed by atoms with E-state index in [-0.39, 0.29) is 17.3 Å². The number of H-pyrrole nitrogens is 1. The van der Waals surface area contributed by atoms with Crippen LogP contribution in [0.15, 0.2) is 39.9 Å². The minimum atomic E-state index is -3.68. The number of nitrogens with one attached hydrogen (secondary N) is 1. The van der Waals surface area contributed by atoms with Gasteiger partial charge in [0.25, 0.3) is 0 Å². The fourth-order valence-corrected chi connectivity index (χ4v) is 6.04. The van der Waals surface area contributed by atoms with Crippen molar-refractivity contribution >= 4 is 26.8 Å². The highest BCUT2D eigenvalue weighted by Crippen LogP contribution is 2.24. The van der Waals surface area contributed by atoms with Crippen LogP contribution in [0, 0.1) is 13.8 Å². The molecule has 9 heteroatoms. The third-order valence-corrected chi connectivity index (χ3v) is 8.03. The summed E-state index contributed by atoms with van der Waals surface area (Å²) >= 11 is 0. The predicted octanol–water partition coefficient (Wildman–Crippen LogP) is 3.02. The van der Waals surface area contributed by atoms with Crippen LogP contribution < -0.4 is 0 Å². The largest absolute Gasteiger partial charge is 0.361 e. The second-order valence-corrected chi connectivity index (χ2v) is 9.88. The van der Waals surface area contributed by atoms with Gasteiger partial charge in [-0.05, 0) is 44.7 Å². The number of hydrogen-bond donors (Lipinski definition) is 1. The van der Waals surface area contributed by atoms with Crippen molar-refractivity contribution in [3.8, 4) is 0 Å². The van der Waals surface area contributed by atoms with Gasteiger partial charge >= 0.3 is 0 Å². The lowest BCUT2D eigenvalue weighted by atomic mass is 10.1. The lowest BCUT2D eigenvalue weighted by Gasteiger charge is -2.22. The number of para-hydroxylation sites is 1. The lowest BCUT2D eigenvalue weighted by molar-refractivity contribution is -0.131. The SMILES string of the molecule is Cc1noc(C)c1S(=O)(=O)N1CCCN(C(=O)CCCc2c[nH]c3ccccc23)CC1.